The molecule has 0 amide bonds. The van der Waals surface area contributed by atoms with Crippen LogP contribution in [-0.4, -0.2) is 50.2 Å². The molecule has 3 rings (SSSR count). The van der Waals surface area contributed by atoms with Crippen LogP contribution in [-0.2, 0) is 6.42 Å². The Balaban J connectivity index is 2.16. The van der Waals surface area contributed by atoms with Crippen LogP contribution in [0.2, 0.25) is 0 Å². The number of anilines is 2. The van der Waals surface area contributed by atoms with Crippen LogP contribution in [0.4, 0.5) is 11.8 Å². The summed E-state index contributed by atoms with van der Waals surface area (Å²) in [6.45, 7) is 8.35. The molecule has 0 aliphatic carbocycles. The number of piperazine rings is 1. The summed E-state index contributed by atoms with van der Waals surface area (Å²) in [7, 11) is 4.13. The Morgan fingerprint density at radius 1 is 1.24 bits per heavy atom. The second-order valence-corrected chi connectivity index (χ2v) is 6.85. The van der Waals surface area contributed by atoms with Crippen molar-refractivity contribution in [3.8, 4) is 0 Å². The van der Waals surface area contributed by atoms with Gasteiger partial charge in [-0.3, -0.25) is 0 Å². The van der Waals surface area contributed by atoms with Gasteiger partial charge in [-0.25, -0.2) is 4.98 Å². The number of hydrogen-bond donors (Lipinski definition) is 1. The van der Waals surface area contributed by atoms with Gasteiger partial charge in [-0.1, -0.05) is 6.92 Å². The Labute approximate surface area is 130 Å². The van der Waals surface area contributed by atoms with Crippen LogP contribution in [0.5, 0.6) is 0 Å². The number of aromatic nitrogens is 2. The second kappa shape index (κ2) is 5.77. The molecular formula is C15H23N5S. The van der Waals surface area contributed by atoms with Gasteiger partial charge in [0, 0.05) is 45.2 Å². The number of nitrogens with one attached hydrogen (secondary N) is 1. The topological polar surface area (TPSA) is 44.3 Å². The fourth-order valence-corrected chi connectivity index (χ4v) is 4.00. The van der Waals surface area contributed by atoms with Gasteiger partial charge in [0.1, 0.15) is 10.6 Å². The van der Waals surface area contributed by atoms with Gasteiger partial charge in [-0.05, 0) is 18.9 Å². The molecule has 1 fully saturated rings. The van der Waals surface area contributed by atoms with Crippen LogP contribution in [0.1, 0.15) is 17.4 Å². The first-order chi connectivity index (χ1) is 10.1. The molecule has 0 spiro atoms. The van der Waals surface area contributed by atoms with Crippen LogP contribution in [0.3, 0.4) is 0 Å². The maximum absolute atomic E-state index is 4.87. The monoisotopic (exact) mass is 305 g/mol. The maximum atomic E-state index is 4.87. The number of aryl methyl sites for hydroxylation is 2. The highest BCUT2D eigenvalue weighted by molar-refractivity contribution is 7.18. The average Bonchev–Trinajstić information content (AvgIpc) is 2.81. The van der Waals surface area contributed by atoms with Crippen LogP contribution in [0.25, 0.3) is 10.2 Å². The van der Waals surface area contributed by atoms with E-state index in [0.29, 0.717) is 0 Å². The molecule has 0 bridgehead atoms. The lowest BCUT2D eigenvalue weighted by molar-refractivity contribution is 0.580. The third-order valence-corrected chi connectivity index (χ3v) is 5.04. The minimum absolute atomic E-state index is 0.872. The van der Waals surface area contributed by atoms with E-state index in [9.17, 15) is 0 Å². The summed E-state index contributed by atoms with van der Waals surface area (Å²) in [6, 6.07) is 0. The molecule has 1 aliphatic rings. The van der Waals surface area contributed by atoms with Gasteiger partial charge in [0.2, 0.25) is 5.95 Å². The van der Waals surface area contributed by atoms with Gasteiger partial charge in [0.15, 0.2) is 0 Å². The third-order valence-electron chi connectivity index (χ3n) is 4.00. The summed E-state index contributed by atoms with van der Waals surface area (Å²) >= 11 is 1.79. The maximum Gasteiger partial charge on any atom is 0.228 e. The van der Waals surface area contributed by atoms with Crippen LogP contribution >= 0.6 is 11.3 Å². The fraction of sp³-hybridized carbons (Fsp3) is 0.600. The summed E-state index contributed by atoms with van der Waals surface area (Å²) in [4.78, 5) is 16.6. The van der Waals surface area contributed by atoms with Crippen molar-refractivity contribution in [2.45, 2.75) is 20.3 Å². The van der Waals surface area contributed by atoms with E-state index in [-0.39, 0.29) is 0 Å². The summed E-state index contributed by atoms with van der Waals surface area (Å²) in [5, 5.41) is 4.62. The Morgan fingerprint density at radius 2 is 1.95 bits per heavy atom. The molecule has 0 radical (unpaired) electrons. The van der Waals surface area contributed by atoms with Gasteiger partial charge in [0.05, 0.1) is 5.39 Å². The van der Waals surface area contributed by atoms with Crippen molar-refractivity contribution in [2.24, 2.45) is 0 Å². The smallest absolute Gasteiger partial charge is 0.228 e. The van der Waals surface area contributed by atoms with E-state index in [0.717, 1.165) is 49.2 Å². The van der Waals surface area contributed by atoms with Gasteiger partial charge in [0.25, 0.3) is 0 Å². The lowest BCUT2D eigenvalue weighted by Crippen LogP contribution is -2.44. The number of rotatable bonds is 3. The molecule has 5 nitrogen and oxygen atoms in total. The largest absolute Gasteiger partial charge is 0.362 e. The molecule has 0 unspecified atom stereocenters. The van der Waals surface area contributed by atoms with Crippen molar-refractivity contribution in [3.63, 3.8) is 0 Å². The van der Waals surface area contributed by atoms with Crippen molar-refractivity contribution in [1.29, 1.82) is 0 Å². The molecule has 21 heavy (non-hydrogen) atoms. The van der Waals surface area contributed by atoms with E-state index in [4.69, 9.17) is 9.97 Å². The molecule has 1 aliphatic heterocycles. The molecule has 0 aromatic carbocycles. The summed E-state index contributed by atoms with van der Waals surface area (Å²) in [5.74, 6) is 1.92. The highest BCUT2D eigenvalue weighted by Crippen LogP contribution is 2.36. The lowest BCUT2D eigenvalue weighted by atomic mass is 10.1. The number of hydrogen-bond acceptors (Lipinski definition) is 6. The zero-order valence-corrected chi connectivity index (χ0v) is 14.0. The molecule has 0 saturated carbocycles. The number of nitrogens with zero attached hydrogens (tertiary/aromatic N) is 4. The van der Waals surface area contributed by atoms with E-state index in [2.05, 4.69) is 43.1 Å². The first-order valence-electron chi connectivity index (χ1n) is 7.54. The van der Waals surface area contributed by atoms with E-state index in [1.54, 1.807) is 11.3 Å². The molecule has 2 aromatic rings. The van der Waals surface area contributed by atoms with Gasteiger partial charge in [-0.2, -0.15) is 4.98 Å². The van der Waals surface area contributed by atoms with Crippen LogP contribution in [0, 0.1) is 6.92 Å². The summed E-state index contributed by atoms with van der Waals surface area (Å²) in [5.41, 5.74) is 1.39. The van der Waals surface area contributed by atoms with E-state index >= 15 is 0 Å². The average molecular weight is 305 g/mol. The first kappa shape index (κ1) is 14.5. The van der Waals surface area contributed by atoms with Crippen molar-refractivity contribution in [2.75, 3.05) is 50.1 Å². The number of fused-ring (bicyclic) bond motifs is 1. The quantitative estimate of drug-likeness (QED) is 0.940. The predicted molar refractivity (Wildman–Crippen MR) is 90.9 cm³/mol. The highest BCUT2D eigenvalue weighted by Gasteiger charge is 2.20. The molecule has 2 aromatic heterocycles. The van der Waals surface area contributed by atoms with Gasteiger partial charge < -0.3 is 15.1 Å². The molecule has 3 heterocycles. The fourth-order valence-electron chi connectivity index (χ4n) is 2.89. The lowest BCUT2D eigenvalue weighted by Gasteiger charge is -2.28. The van der Waals surface area contributed by atoms with E-state index < -0.39 is 0 Å². The Kier molecular flexibility index (Phi) is 3.99. The molecule has 1 saturated heterocycles. The SMILES string of the molecule is CCc1c(C)sc2nc(N3CCNCC3)nc(N(C)C)c12. The third kappa shape index (κ3) is 2.58. The minimum atomic E-state index is 0.872. The Bertz CT molecular complexity index is 643. The zero-order valence-electron chi connectivity index (χ0n) is 13.2. The molecule has 114 valence electrons. The molecular weight excluding hydrogens is 282 g/mol. The molecule has 6 heteroatoms. The van der Waals surface area contributed by atoms with Gasteiger partial charge >= 0.3 is 0 Å². The second-order valence-electron chi connectivity index (χ2n) is 5.65. The van der Waals surface area contributed by atoms with Crippen LogP contribution in [0.15, 0.2) is 0 Å². The van der Waals surface area contributed by atoms with Crippen molar-refractivity contribution in [3.05, 3.63) is 10.4 Å². The molecule has 0 atom stereocenters. The van der Waals surface area contributed by atoms with E-state index in [1.165, 1.54) is 15.8 Å². The summed E-state index contributed by atoms with van der Waals surface area (Å²) < 4.78 is 0. The zero-order chi connectivity index (χ0) is 15.0. The van der Waals surface area contributed by atoms with Crippen molar-refractivity contribution < 1.29 is 0 Å². The highest BCUT2D eigenvalue weighted by atomic mass is 32.1. The first-order valence-corrected chi connectivity index (χ1v) is 8.36. The van der Waals surface area contributed by atoms with Gasteiger partial charge in [-0.15, -0.1) is 11.3 Å². The predicted octanol–water partition coefficient (Wildman–Crippen LogP) is 2.04. The molecule has 1 N–H and O–H groups in total. The summed E-state index contributed by atoms with van der Waals surface area (Å²) in [6.07, 6.45) is 1.03. The van der Waals surface area contributed by atoms with Crippen LogP contribution < -0.4 is 15.1 Å². The van der Waals surface area contributed by atoms with Crippen molar-refractivity contribution >= 4 is 33.3 Å². The normalized spacial score (nSPS) is 15.7. The van der Waals surface area contributed by atoms with Crippen molar-refractivity contribution in [1.82, 2.24) is 15.3 Å². The Morgan fingerprint density at radius 3 is 2.57 bits per heavy atom. The Hall–Kier alpha value is -1.40. The number of thiophene rings is 1. The van der Waals surface area contributed by atoms with E-state index in [1.807, 2.05) is 0 Å². The minimum Gasteiger partial charge on any atom is -0.362 e. The standard InChI is InChI=1S/C15H23N5S/c1-5-11-10(2)21-14-12(11)13(19(3)4)17-15(18-14)20-8-6-16-7-9-20/h16H,5-9H2,1-4H3.